The first-order valence-corrected chi connectivity index (χ1v) is 5.51. The minimum absolute atomic E-state index is 0.151. The summed E-state index contributed by atoms with van der Waals surface area (Å²) >= 11 is 0. The van der Waals surface area contributed by atoms with Gasteiger partial charge in [0.1, 0.15) is 11.4 Å². The van der Waals surface area contributed by atoms with Crippen LogP contribution in [0.15, 0.2) is 0 Å². The molecule has 0 radical (unpaired) electrons. The number of nitrogens with zero attached hydrogens (tertiary/aromatic N) is 3. The minimum atomic E-state index is -0.351. The predicted octanol–water partition coefficient (Wildman–Crippen LogP) is 1.16. The number of hydrogen-bond donors (Lipinski definition) is 1. The van der Waals surface area contributed by atoms with Crippen LogP contribution in [-0.4, -0.2) is 27.3 Å². The van der Waals surface area contributed by atoms with Crippen LogP contribution in [0.3, 0.4) is 0 Å². The first-order chi connectivity index (χ1) is 7.59. The van der Waals surface area contributed by atoms with Crippen LogP contribution in [0, 0.1) is 24.0 Å². The summed E-state index contributed by atoms with van der Waals surface area (Å²) in [4.78, 5) is 10.5. The Morgan fingerprint density at radius 1 is 1.62 bits per heavy atom. The highest BCUT2D eigenvalue weighted by Crippen LogP contribution is 2.22. The Kier molecular flexibility index (Phi) is 2.91. The highest BCUT2D eigenvalue weighted by Gasteiger charge is 2.24. The number of nitro groups is 1. The third-order valence-electron chi connectivity index (χ3n) is 3.08. The third-order valence-corrected chi connectivity index (χ3v) is 3.08. The molecule has 2 rings (SSSR count). The summed E-state index contributed by atoms with van der Waals surface area (Å²) in [5.41, 5.74) is 1.30. The second-order valence-corrected chi connectivity index (χ2v) is 4.25. The van der Waals surface area contributed by atoms with Gasteiger partial charge in [-0.3, -0.25) is 14.8 Å². The molecular formula is C10H16N4O2. The van der Waals surface area contributed by atoms with E-state index in [1.54, 1.807) is 18.5 Å². The molecule has 88 valence electrons. The van der Waals surface area contributed by atoms with Gasteiger partial charge in [0.15, 0.2) is 0 Å². The Morgan fingerprint density at radius 2 is 2.38 bits per heavy atom. The normalized spacial score (nSPS) is 20.2. The molecule has 1 fully saturated rings. The lowest BCUT2D eigenvalue weighted by Crippen LogP contribution is -2.27. The van der Waals surface area contributed by atoms with E-state index in [-0.39, 0.29) is 10.6 Å². The van der Waals surface area contributed by atoms with Crippen LogP contribution >= 0.6 is 0 Å². The molecule has 1 aromatic heterocycles. The summed E-state index contributed by atoms with van der Waals surface area (Å²) in [6, 6.07) is 0.401. The van der Waals surface area contributed by atoms with E-state index in [1.807, 2.05) is 0 Å². The molecule has 0 aliphatic carbocycles. The fraction of sp³-hybridized carbons (Fsp3) is 0.700. The average molecular weight is 224 g/mol. The van der Waals surface area contributed by atoms with E-state index in [0.717, 1.165) is 19.5 Å². The third kappa shape index (κ3) is 1.92. The second-order valence-electron chi connectivity index (χ2n) is 4.25. The first kappa shape index (κ1) is 11.1. The van der Waals surface area contributed by atoms with Crippen molar-refractivity contribution < 1.29 is 4.92 Å². The van der Waals surface area contributed by atoms with E-state index in [2.05, 4.69) is 10.4 Å². The zero-order chi connectivity index (χ0) is 11.7. The van der Waals surface area contributed by atoms with Gasteiger partial charge in [0, 0.05) is 6.04 Å². The number of hydrogen-bond acceptors (Lipinski definition) is 4. The zero-order valence-electron chi connectivity index (χ0n) is 9.56. The molecular weight excluding hydrogens is 208 g/mol. The van der Waals surface area contributed by atoms with Crippen LogP contribution < -0.4 is 5.32 Å². The standard InChI is InChI=1S/C10H16N4O2/c1-7-10(14(15)16)8(2)13(12-7)6-9-4-3-5-11-9/h9,11H,3-6H2,1-2H3. The molecule has 1 N–H and O–H groups in total. The molecule has 2 heterocycles. The van der Waals surface area contributed by atoms with E-state index in [9.17, 15) is 10.1 Å². The summed E-state index contributed by atoms with van der Waals surface area (Å²) in [5, 5.41) is 18.4. The molecule has 1 aromatic rings. The maximum Gasteiger partial charge on any atom is 0.312 e. The maximum absolute atomic E-state index is 10.8. The number of nitrogens with one attached hydrogen (secondary N) is 1. The lowest BCUT2D eigenvalue weighted by atomic mass is 10.2. The van der Waals surface area contributed by atoms with E-state index in [0.29, 0.717) is 17.4 Å². The Bertz CT molecular complexity index is 407. The summed E-state index contributed by atoms with van der Waals surface area (Å²) in [7, 11) is 0. The minimum Gasteiger partial charge on any atom is -0.312 e. The van der Waals surface area contributed by atoms with E-state index < -0.39 is 0 Å². The maximum atomic E-state index is 10.8. The monoisotopic (exact) mass is 224 g/mol. The smallest absolute Gasteiger partial charge is 0.312 e. The molecule has 6 nitrogen and oxygen atoms in total. The van der Waals surface area contributed by atoms with Crippen LogP contribution in [0.5, 0.6) is 0 Å². The van der Waals surface area contributed by atoms with Crippen molar-refractivity contribution in [3.8, 4) is 0 Å². The quantitative estimate of drug-likeness (QED) is 0.617. The van der Waals surface area contributed by atoms with Crippen molar-refractivity contribution in [1.82, 2.24) is 15.1 Å². The van der Waals surface area contributed by atoms with E-state index in [1.165, 1.54) is 6.42 Å². The summed E-state index contributed by atoms with van der Waals surface area (Å²) in [6.07, 6.45) is 2.29. The van der Waals surface area contributed by atoms with Crippen LogP contribution in [-0.2, 0) is 6.54 Å². The molecule has 16 heavy (non-hydrogen) atoms. The Morgan fingerprint density at radius 3 is 2.88 bits per heavy atom. The molecule has 0 bridgehead atoms. The van der Waals surface area contributed by atoms with E-state index in [4.69, 9.17) is 0 Å². The summed E-state index contributed by atoms with van der Waals surface area (Å²) in [5.74, 6) is 0. The Balaban J connectivity index is 2.21. The number of aryl methyl sites for hydroxylation is 1. The van der Waals surface area contributed by atoms with Crippen LogP contribution in [0.2, 0.25) is 0 Å². The van der Waals surface area contributed by atoms with Crippen molar-refractivity contribution in [3.05, 3.63) is 21.5 Å². The highest BCUT2D eigenvalue weighted by molar-refractivity contribution is 5.39. The Hall–Kier alpha value is -1.43. The van der Waals surface area contributed by atoms with E-state index >= 15 is 0 Å². The van der Waals surface area contributed by atoms with Gasteiger partial charge in [0.25, 0.3) is 0 Å². The first-order valence-electron chi connectivity index (χ1n) is 5.51. The van der Waals surface area contributed by atoms with Gasteiger partial charge < -0.3 is 5.32 Å². The van der Waals surface area contributed by atoms with Crippen LogP contribution in [0.25, 0.3) is 0 Å². The second kappa shape index (κ2) is 4.21. The van der Waals surface area contributed by atoms with Gasteiger partial charge in [0.05, 0.1) is 11.5 Å². The van der Waals surface area contributed by atoms with Gasteiger partial charge in [-0.05, 0) is 33.2 Å². The molecule has 6 heteroatoms. The molecule has 0 saturated carbocycles. The van der Waals surface area contributed by atoms with Crippen molar-refractivity contribution in [3.63, 3.8) is 0 Å². The summed E-state index contributed by atoms with van der Waals surface area (Å²) in [6.45, 7) is 5.20. The average Bonchev–Trinajstić information content (AvgIpc) is 2.76. The topological polar surface area (TPSA) is 73.0 Å². The van der Waals surface area contributed by atoms with Gasteiger partial charge in [-0.25, -0.2) is 0 Å². The van der Waals surface area contributed by atoms with Gasteiger partial charge in [-0.15, -0.1) is 0 Å². The van der Waals surface area contributed by atoms with Crippen LogP contribution in [0.1, 0.15) is 24.2 Å². The molecule has 1 aliphatic rings. The lowest BCUT2D eigenvalue weighted by molar-refractivity contribution is -0.386. The molecule has 0 amide bonds. The van der Waals surface area contributed by atoms with Gasteiger partial charge in [-0.2, -0.15) is 5.10 Å². The van der Waals surface area contributed by atoms with Crippen molar-refractivity contribution in [1.29, 1.82) is 0 Å². The predicted molar refractivity (Wildman–Crippen MR) is 59.4 cm³/mol. The molecule has 1 aliphatic heterocycles. The Labute approximate surface area is 93.8 Å². The van der Waals surface area contributed by atoms with Gasteiger partial charge in [-0.1, -0.05) is 0 Å². The number of rotatable bonds is 3. The summed E-state index contributed by atoms with van der Waals surface area (Å²) < 4.78 is 1.75. The van der Waals surface area contributed by atoms with Crippen LogP contribution in [0.4, 0.5) is 5.69 Å². The molecule has 0 spiro atoms. The fourth-order valence-electron chi connectivity index (χ4n) is 2.25. The zero-order valence-corrected chi connectivity index (χ0v) is 9.56. The molecule has 1 unspecified atom stereocenters. The lowest BCUT2D eigenvalue weighted by Gasteiger charge is -2.10. The van der Waals surface area contributed by atoms with Gasteiger partial charge in [0.2, 0.25) is 0 Å². The van der Waals surface area contributed by atoms with Gasteiger partial charge >= 0.3 is 5.69 Å². The fourth-order valence-corrected chi connectivity index (χ4v) is 2.25. The highest BCUT2D eigenvalue weighted by atomic mass is 16.6. The molecule has 0 aromatic carbocycles. The molecule has 1 atom stereocenters. The largest absolute Gasteiger partial charge is 0.312 e. The SMILES string of the molecule is Cc1nn(CC2CCCN2)c(C)c1[N+](=O)[O-]. The van der Waals surface area contributed by atoms with Crippen molar-refractivity contribution >= 4 is 5.69 Å². The van der Waals surface area contributed by atoms with Crippen molar-refractivity contribution in [2.75, 3.05) is 6.54 Å². The van der Waals surface area contributed by atoms with Crippen molar-refractivity contribution in [2.24, 2.45) is 0 Å². The van der Waals surface area contributed by atoms with Crippen molar-refractivity contribution in [2.45, 2.75) is 39.3 Å². The number of aromatic nitrogens is 2. The molecule has 1 saturated heterocycles.